The van der Waals surface area contributed by atoms with Crippen molar-refractivity contribution in [3.05, 3.63) is 70.8 Å². The van der Waals surface area contributed by atoms with E-state index in [2.05, 4.69) is 0 Å². The second kappa shape index (κ2) is 7.73. The molecule has 0 spiro atoms. The summed E-state index contributed by atoms with van der Waals surface area (Å²) < 4.78 is 5.07. The third-order valence-electron chi connectivity index (χ3n) is 2.67. The lowest BCUT2D eigenvalue weighted by atomic mass is 10.1. The number of ketones is 1. The summed E-state index contributed by atoms with van der Waals surface area (Å²) in [6.07, 6.45) is 3.32. The Morgan fingerprint density at radius 1 is 1.05 bits per heavy atom. The standard InChI is InChI=1S/C16H13ClO2.ClH/c1-19-15-9-2-12(3-10-15)4-11-16(18)13-5-7-14(17)8-6-13;/h2-11H,1H3;1H/b11-4+;. The Bertz CT molecular complexity index is 587. The van der Waals surface area contributed by atoms with Crippen LogP contribution in [-0.2, 0) is 0 Å². The van der Waals surface area contributed by atoms with E-state index in [1.807, 2.05) is 24.3 Å². The molecule has 0 bridgehead atoms. The van der Waals surface area contributed by atoms with Gasteiger partial charge in [0.15, 0.2) is 5.78 Å². The van der Waals surface area contributed by atoms with Crippen molar-refractivity contribution in [3.8, 4) is 5.75 Å². The van der Waals surface area contributed by atoms with Crippen molar-refractivity contribution >= 4 is 35.9 Å². The number of carbonyl (C=O) groups is 1. The molecule has 0 atom stereocenters. The van der Waals surface area contributed by atoms with Crippen LogP contribution in [0.25, 0.3) is 6.08 Å². The van der Waals surface area contributed by atoms with Gasteiger partial charge in [-0.25, -0.2) is 0 Å². The minimum absolute atomic E-state index is 0. The minimum atomic E-state index is -0.0486. The van der Waals surface area contributed by atoms with Crippen LogP contribution >= 0.6 is 24.0 Å². The number of methoxy groups -OCH3 is 1. The van der Waals surface area contributed by atoms with Gasteiger partial charge < -0.3 is 4.74 Å². The van der Waals surface area contributed by atoms with E-state index in [0.717, 1.165) is 11.3 Å². The summed E-state index contributed by atoms with van der Waals surface area (Å²) in [4.78, 5) is 11.9. The van der Waals surface area contributed by atoms with Crippen molar-refractivity contribution in [3.63, 3.8) is 0 Å². The summed E-state index contributed by atoms with van der Waals surface area (Å²) in [5.74, 6) is 0.744. The van der Waals surface area contributed by atoms with Crippen molar-refractivity contribution in [1.29, 1.82) is 0 Å². The smallest absolute Gasteiger partial charge is 0.185 e. The molecule has 4 heteroatoms. The zero-order chi connectivity index (χ0) is 13.7. The molecule has 0 aliphatic heterocycles. The van der Waals surface area contributed by atoms with E-state index >= 15 is 0 Å². The largest absolute Gasteiger partial charge is 0.497 e. The first-order valence-corrected chi connectivity index (χ1v) is 6.19. The van der Waals surface area contributed by atoms with Crippen molar-refractivity contribution < 1.29 is 9.53 Å². The van der Waals surface area contributed by atoms with Gasteiger partial charge in [-0.05, 0) is 48.0 Å². The Hall–Kier alpha value is -1.77. The monoisotopic (exact) mass is 308 g/mol. The van der Waals surface area contributed by atoms with Crippen LogP contribution < -0.4 is 4.74 Å². The van der Waals surface area contributed by atoms with Crippen molar-refractivity contribution in [1.82, 2.24) is 0 Å². The molecule has 2 aromatic carbocycles. The first-order chi connectivity index (χ1) is 9.19. The summed E-state index contributed by atoms with van der Waals surface area (Å²) in [5.41, 5.74) is 1.57. The third kappa shape index (κ3) is 4.41. The van der Waals surface area contributed by atoms with Crippen molar-refractivity contribution in [2.24, 2.45) is 0 Å². The van der Waals surface area contributed by atoms with Gasteiger partial charge in [0.05, 0.1) is 7.11 Å². The summed E-state index contributed by atoms with van der Waals surface area (Å²) in [5, 5.41) is 0.621. The molecule has 2 nitrogen and oxygen atoms in total. The van der Waals surface area contributed by atoms with E-state index in [4.69, 9.17) is 16.3 Å². The quantitative estimate of drug-likeness (QED) is 0.606. The van der Waals surface area contributed by atoms with Crippen LogP contribution in [0.2, 0.25) is 5.02 Å². The number of benzene rings is 2. The van der Waals surface area contributed by atoms with E-state index in [9.17, 15) is 4.79 Å². The van der Waals surface area contributed by atoms with E-state index in [-0.39, 0.29) is 18.2 Å². The SMILES string of the molecule is COc1ccc(/C=C/C(=O)c2ccc(Cl)cc2)cc1.Cl. The highest BCUT2D eigenvalue weighted by atomic mass is 35.5. The van der Waals surface area contributed by atoms with Gasteiger partial charge in [0.2, 0.25) is 0 Å². The maximum atomic E-state index is 11.9. The van der Waals surface area contributed by atoms with Gasteiger partial charge in [0.25, 0.3) is 0 Å². The minimum Gasteiger partial charge on any atom is -0.497 e. The fourth-order valence-corrected chi connectivity index (χ4v) is 1.72. The highest BCUT2D eigenvalue weighted by Gasteiger charge is 2.00. The lowest BCUT2D eigenvalue weighted by Gasteiger charge is -1.99. The average molecular weight is 309 g/mol. The number of hydrogen-bond acceptors (Lipinski definition) is 2. The molecule has 0 aliphatic rings. The van der Waals surface area contributed by atoms with Crippen molar-refractivity contribution in [2.45, 2.75) is 0 Å². The van der Waals surface area contributed by atoms with E-state index in [0.29, 0.717) is 10.6 Å². The van der Waals surface area contributed by atoms with Gasteiger partial charge in [-0.15, -0.1) is 12.4 Å². The molecule has 20 heavy (non-hydrogen) atoms. The molecule has 104 valence electrons. The number of allylic oxidation sites excluding steroid dienone is 1. The molecule has 2 rings (SSSR count). The average Bonchev–Trinajstić information content (AvgIpc) is 2.46. The predicted molar refractivity (Wildman–Crippen MR) is 85.1 cm³/mol. The van der Waals surface area contributed by atoms with Gasteiger partial charge in [-0.3, -0.25) is 4.79 Å². The topological polar surface area (TPSA) is 26.3 Å². The highest BCUT2D eigenvalue weighted by molar-refractivity contribution is 6.30. The number of rotatable bonds is 4. The first-order valence-electron chi connectivity index (χ1n) is 5.81. The molecule has 0 radical (unpaired) electrons. The highest BCUT2D eigenvalue weighted by Crippen LogP contribution is 2.14. The molecule has 0 saturated carbocycles. The molecule has 0 heterocycles. The Kier molecular flexibility index (Phi) is 6.29. The van der Waals surface area contributed by atoms with Crippen LogP contribution in [0.5, 0.6) is 5.75 Å². The lowest BCUT2D eigenvalue weighted by Crippen LogP contribution is -1.93. The summed E-state index contributed by atoms with van der Waals surface area (Å²) in [6, 6.07) is 14.3. The normalized spacial score (nSPS) is 10.1. The molecule has 0 N–H and O–H groups in total. The fraction of sp³-hybridized carbons (Fsp3) is 0.0625. The fourth-order valence-electron chi connectivity index (χ4n) is 1.60. The number of hydrogen-bond donors (Lipinski definition) is 0. The molecule has 0 fully saturated rings. The predicted octanol–water partition coefficient (Wildman–Crippen LogP) is 4.67. The Morgan fingerprint density at radius 3 is 2.20 bits per heavy atom. The van der Waals surface area contributed by atoms with Crippen LogP contribution in [0.15, 0.2) is 54.6 Å². The lowest BCUT2D eigenvalue weighted by molar-refractivity contribution is 0.104. The van der Waals surface area contributed by atoms with E-state index in [1.165, 1.54) is 0 Å². The van der Waals surface area contributed by atoms with Gasteiger partial charge in [-0.1, -0.05) is 29.8 Å². The summed E-state index contributed by atoms with van der Waals surface area (Å²) in [7, 11) is 1.62. The van der Waals surface area contributed by atoms with Crippen LogP contribution in [0.1, 0.15) is 15.9 Å². The maximum absolute atomic E-state index is 11.9. The Morgan fingerprint density at radius 2 is 1.65 bits per heavy atom. The zero-order valence-corrected chi connectivity index (χ0v) is 12.4. The molecule has 0 unspecified atom stereocenters. The van der Waals surface area contributed by atoms with Gasteiger partial charge in [-0.2, -0.15) is 0 Å². The van der Waals surface area contributed by atoms with Crippen LogP contribution in [0, 0.1) is 0 Å². The van der Waals surface area contributed by atoms with Crippen LogP contribution in [-0.4, -0.2) is 12.9 Å². The summed E-state index contributed by atoms with van der Waals surface area (Å²) in [6.45, 7) is 0. The molecule has 0 aliphatic carbocycles. The zero-order valence-electron chi connectivity index (χ0n) is 10.9. The Balaban J connectivity index is 0.00000200. The molecule has 0 saturated heterocycles. The number of ether oxygens (including phenoxy) is 1. The van der Waals surface area contributed by atoms with Gasteiger partial charge >= 0.3 is 0 Å². The first kappa shape index (κ1) is 16.3. The summed E-state index contributed by atoms with van der Waals surface area (Å²) >= 11 is 5.78. The van der Waals surface area contributed by atoms with Crippen molar-refractivity contribution in [2.75, 3.05) is 7.11 Å². The second-order valence-electron chi connectivity index (χ2n) is 3.98. The second-order valence-corrected chi connectivity index (χ2v) is 4.41. The maximum Gasteiger partial charge on any atom is 0.185 e. The molecular weight excluding hydrogens is 295 g/mol. The number of halogens is 2. The molecule has 0 amide bonds. The van der Waals surface area contributed by atoms with Gasteiger partial charge in [0.1, 0.15) is 5.75 Å². The molecule has 2 aromatic rings. The van der Waals surface area contributed by atoms with Crippen LogP contribution in [0.4, 0.5) is 0 Å². The molecular formula is C16H14Cl2O2. The third-order valence-corrected chi connectivity index (χ3v) is 2.92. The van der Waals surface area contributed by atoms with Gasteiger partial charge in [0, 0.05) is 10.6 Å². The molecule has 0 aromatic heterocycles. The van der Waals surface area contributed by atoms with E-state index < -0.39 is 0 Å². The Labute approximate surface area is 129 Å². The van der Waals surface area contributed by atoms with E-state index in [1.54, 1.807) is 43.5 Å². The van der Waals surface area contributed by atoms with Crippen LogP contribution in [0.3, 0.4) is 0 Å². The number of carbonyl (C=O) groups excluding carboxylic acids is 1.